The van der Waals surface area contributed by atoms with Crippen LogP contribution in [0.4, 0.5) is 0 Å². The first-order valence-corrected chi connectivity index (χ1v) is 11.5. The Kier molecular flexibility index (Phi) is 30.5. The molecular formula is C28H52O5. The fourth-order valence-electron chi connectivity index (χ4n) is 0.729. The Morgan fingerprint density at radius 1 is 0.515 bits per heavy atom. The number of rotatable bonds is 7. The first-order valence-electron chi connectivity index (χ1n) is 11.5. The summed E-state index contributed by atoms with van der Waals surface area (Å²) in [7, 11) is 0. The van der Waals surface area contributed by atoms with Crippen LogP contribution in [0.5, 0.6) is 0 Å². The van der Waals surface area contributed by atoms with Crippen molar-refractivity contribution in [2.24, 2.45) is 29.6 Å². The first kappa shape index (κ1) is 41.1. The molecule has 0 aliphatic rings. The molecule has 0 amide bonds. The normalized spacial score (nSPS) is 9.30. The van der Waals surface area contributed by atoms with E-state index >= 15 is 0 Å². The molecule has 0 N–H and O–H groups in total. The van der Waals surface area contributed by atoms with Gasteiger partial charge in [0.25, 0.3) is 0 Å². The van der Waals surface area contributed by atoms with E-state index in [9.17, 15) is 24.0 Å². The molecule has 0 aliphatic carbocycles. The lowest BCUT2D eigenvalue weighted by Gasteiger charge is -1.99. The smallest absolute Gasteiger partial charge is 0.160 e. The topological polar surface area (TPSA) is 85.3 Å². The Bertz CT molecular complexity index is 563. The van der Waals surface area contributed by atoms with Gasteiger partial charge in [0.15, 0.2) is 11.6 Å². The summed E-state index contributed by atoms with van der Waals surface area (Å²) in [5.74, 6) is 1.90. The van der Waals surface area contributed by atoms with Crippen molar-refractivity contribution in [3.05, 3.63) is 24.8 Å². The maximum Gasteiger partial charge on any atom is 0.160 e. The molecule has 0 bridgehead atoms. The van der Waals surface area contributed by atoms with Gasteiger partial charge in [-0.15, -0.1) is 0 Å². The highest BCUT2D eigenvalue weighted by atomic mass is 16.1. The molecule has 0 aliphatic heterocycles. The quantitative estimate of drug-likeness (QED) is 0.380. The summed E-state index contributed by atoms with van der Waals surface area (Å²) >= 11 is 0. The average molecular weight is 469 g/mol. The third-order valence-electron chi connectivity index (χ3n) is 4.15. The highest BCUT2D eigenvalue weighted by Crippen LogP contribution is 2.01. The summed E-state index contributed by atoms with van der Waals surface area (Å²) < 4.78 is 0. The van der Waals surface area contributed by atoms with Crippen molar-refractivity contribution in [3.63, 3.8) is 0 Å². The van der Waals surface area contributed by atoms with Crippen LogP contribution in [0.15, 0.2) is 24.8 Å². The van der Waals surface area contributed by atoms with Gasteiger partial charge >= 0.3 is 0 Å². The molecule has 0 unspecified atom stereocenters. The lowest BCUT2D eigenvalue weighted by molar-refractivity contribution is -0.120. The summed E-state index contributed by atoms with van der Waals surface area (Å²) in [5, 5.41) is 0. The van der Waals surface area contributed by atoms with E-state index in [-0.39, 0.29) is 58.5 Å². The standard InChI is InChI=1S/C7H12O.C6H10O.3C5H10O/c1-5(2)7(8)6(3)4;1-4-6(7)5(2)3;3*1-4(2)5(3)6/h6H,1H2,2-4H3;4-5H,1H2,2-3H3;3*4H,1-3H3. The number of ketones is 5. The van der Waals surface area contributed by atoms with E-state index in [0.717, 1.165) is 0 Å². The molecule has 0 spiro atoms. The van der Waals surface area contributed by atoms with E-state index in [1.807, 2.05) is 69.2 Å². The van der Waals surface area contributed by atoms with E-state index in [2.05, 4.69) is 13.2 Å². The van der Waals surface area contributed by atoms with Gasteiger partial charge in [0.05, 0.1) is 0 Å². The molecule has 0 heterocycles. The van der Waals surface area contributed by atoms with Crippen molar-refractivity contribution in [1.82, 2.24) is 0 Å². The van der Waals surface area contributed by atoms with Gasteiger partial charge in [0.2, 0.25) is 0 Å². The summed E-state index contributed by atoms with van der Waals surface area (Å²) in [5.41, 5.74) is 0.653. The van der Waals surface area contributed by atoms with Crippen LogP contribution in [0.3, 0.4) is 0 Å². The third-order valence-corrected chi connectivity index (χ3v) is 4.15. The number of carbonyl (C=O) groups is 5. The van der Waals surface area contributed by atoms with Crippen molar-refractivity contribution >= 4 is 28.9 Å². The highest BCUT2D eigenvalue weighted by molar-refractivity contribution is 5.95. The largest absolute Gasteiger partial charge is 0.300 e. The van der Waals surface area contributed by atoms with E-state index in [4.69, 9.17) is 0 Å². The molecule has 0 fully saturated rings. The zero-order chi connectivity index (χ0) is 28.1. The first-order chi connectivity index (χ1) is 14.7. The monoisotopic (exact) mass is 468 g/mol. The van der Waals surface area contributed by atoms with E-state index in [1.54, 1.807) is 27.7 Å². The second kappa shape index (κ2) is 24.5. The van der Waals surface area contributed by atoms with Crippen molar-refractivity contribution in [1.29, 1.82) is 0 Å². The molecule has 0 rings (SSSR count). The maximum absolute atomic E-state index is 10.7. The van der Waals surface area contributed by atoms with E-state index in [0.29, 0.717) is 5.57 Å². The number of Topliss-reactive ketones (excluding diaryl/α,β-unsaturated/α-hetero) is 4. The van der Waals surface area contributed by atoms with Crippen LogP contribution >= 0.6 is 0 Å². The van der Waals surface area contributed by atoms with Crippen LogP contribution in [-0.4, -0.2) is 28.9 Å². The number of hydrogen-bond acceptors (Lipinski definition) is 5. The SMILES string of the molecule is C=C(C)C(=O)C(C)C.C=CC(=O)C(C)C.CC(=O)C(C)C.CC(=O)C(C)C.CC(=O)C(C)C. The number of hydrogen-bond donors (Lipinski definition) is 0. The van der Waals surface area contributed by atoms with Gasteiger partial charge in [0.1, 0.15) is 17.3 Å². The van der Waals surface area contributed by atoms with Crippen molar-refractivity contribution in [2.45, 2.75) is 96.9 Å². The fraction of sp³-hybridized carbons (Fsp3) is 0.679. The Balaban J connectivity index is -0.0000000995. The summed E-state index contributed by atoms with van der Waals surface area (Å²) in [6.07, 6.45) is 1.35. The van der Waals surface area contributed by atoms with Crippen LogP contribution in [0.2, 0.25) is 0 Å². The van der Waals surface area contributed by atoms with Crippen molar-refractivity contribution in [3.8, 4) is 0 Å². The molecule has 194 valence electrons. The average Bonchev–Trinajstić information content (AvgIpc) is 2.67. The molecule has 5 heteroatoms. The van der Waals surface area contributed by atoms with E-state index in [1.165, 1.54) is 6.08 Å². The zero-order valence-electron chi connectivity index (χ0n) is 23.9. The molecule has 0 atom stereocenters. The highest BCUT2D eigenvalue weighted by Gasteiger charge is 2.05. The fourth-order valence-corrected chi connectivity index (χ4v) is 0.729. The summed E-state index contributed by atoms with van der Waals surface area (Å²) in [6.45, 7) is 32.2. The molecule has 5 nitrogen and oxygen atoms in total. The Labute approximate surface area is 204 Å². The van der Waals surface area contributed by atoms with Crippen LogP contribution in [0, 0.1) is 29.6 Å². The van der Waals surface area contributed by atoms with Gasteiger partial charge < -0.3 is 0 Å². The van der Waals surface area contributed by atoms with Gasteiger partial charge in [-0.1, -0.05) is 82.4 Å². The Morgan fingerprint density at radius 2 is 0.727 bits per heavy atom. The lowest BCUT2D eigenvalue weighted by Crippen LogP contribution is -2.06. The van der Waals surface area contributed by atoms with Gasteiger partial charge in [-0.05, 0) is 39.3 Å². The Hall–Kier alpha value is -2.17. The molecule has 0 aromatic rings. The van der Waals surface area contributed by atoms with Crippen LogP contribution in [0.25, 0.3) is 0 Å². The second-order valence-electron chi connectivity index (χ2n) is 9.36. The molecule has 0 aromatic carbocycles. The number of carbonyl (C=O) groups excluding carboxylic acids is 5. The maximum atomic E-state index is 10.7. The summed E-state index contributed by atoms with van der Waals surface area (Å²) in [6, 6.07) is 0. The molecule has 33 heavy (non-hydrogen) atoms. The second-order valence-corrected chi connectivity index (χ2v) is 9.36. The number of allylic oxidation sites excluding steroid dienone is 2. The molecule has 0 aromatic heterocycles. The van der Waals surface area contributed by atoms with E-state index < -0.39 is 0 Å². The van der Waals surface area contributed by atoms with Crippen LogP contribution in [-0.2, 0) is 24.0 Å². The third kappa shape index (κ3) is 40.7. The van der Waals surface area contributed by atoms with Gasteiger partial charge in [-0.25, -0.2) is 0 Å². The Morgan fingerprint density at radius 3 is 0.727 bits per heavy atom. The molecule has 0 saturated heterocycles. The molecule has 0 radical (unpaired) electrons. The van der Waals surface area contributed by atoms with Crippen molar-refractivity contribution < 1.29 is 24.0 Å². The van der Waals surface area contributed by atoms with Gasteiger partial charge in [0, 0.05) is 29.6 Å². The van der Waals surface area contributed by atoms with Crippen LogP contribution < -0.4 is 0 Å². The predicted molar refractivity (Wildman–Crippen MR) is 141 cm³/mol. The van der Waals surface area contributed by atoms with Gasteiger partial charge in [-0.2, -0.15) is 0 Å². The minimum Gasteiger partial charge on any atom is -0.300 e. The van der Waals surface area contributed by atoms with Crippen molar-refractivity contribution in [2.75, 3.05) is 0 Å². The lowest BCUT2D eigenvalue weighted by atomic mass is 10.0. The minimum absolute atomic E-state index is 0.104. The predicted octanol–water partition coefficient (Wildman–Crippen LogP) is 6.88. The van der Waals surface area contributed by atoms with Gasteiger partial charge in [-0.3, -0.25) is 24.0 Å². The molecule has 0 saturated carbocycles. The minimum atomic E-state index is 0.104. The zero-order valence-corrected chi connectivity index (χ0v) is 23.9. The van der Waals surface area contributed by atoms with Crippen LogP contribution in [0.1, 0.15) is 96.9 Å². The summed E-state index contributed by atoms with van der Waals surface area (Å²) in [4.78, 5) is 51.6. The molecular weight excluding hydrogens is 416 g/mol.